The monoisotopic (exact) mass is 427 g/mol. The van der Waals surface area contributed by atoms with Gasteiger partial charge >= 0.3 is 0 Å². The highest BCUT2D eigenvalue weighted by Crippen LogP contribution is 2.32. The van der Waals surface area contributed by atoms with Crippen LogP contribution in [0, 0.1) is 10.1 Å². The molecule has 0 radical (unpaired) electrons. The van der Waals surface area contributed by atoms with E-state index < -0.39 is 10.2 Å². The van der Waals surface area contributed by atoms with Crippen LogP contribution in [-0.2, 0) is 11.3 Å². The van der Waals surface area contributed by atoms with E-state index in [9.17, 15) is 14.9 Å². The van der Waals surface area contributed by atoms with Crippen molar-refractivity contribution in [2.45, 2.75) is 30.8 Å². The van der Waals surface area contributed by atoms with Crippen molar-refractivity contribution >= 4 is 29.0 Å². The van der Waals surface area contributed by atoms with Gasteiger partial charge in [0.1, 0.15) is 5.75 Å². The smallest absolute Gasteiger partial charge is 0.269 e. The van der Waals surface area contributed by atoms with Crippen LogP contribution in [0.3, 0.4) is 0 Å². The zero-order valence-corrected chi connectivity index (χ0v) is 17.5. The van der Waals surface area contributed by atoms with Crippen molar-refractivity contribution in [2.24, 2.45) is 0 Å². The molecule has 1 amide bonds. The maximum Gasteiger partial charge on any atom is 0.269 e. The molecule has 9 nitrogen and oxygen atoms in total. The van der Waals surface area contributed by atoms with Gasteiger partial charge in [-0.1, -0.05) is 23.9 Å². The fourth-order valence-corrected chi connectivity index (χ4v) is 3.72. The fraction of sp³-hybridized carbons (Fsp3) is 0.250. The van der Waals surface area contributed by atoms with E-state index >= 15 is 0 Å². The van der Waals surface area contributed by atoms with Crippen LogP contribution in [0.1, 0.15) is 13.8 Å². The van der Waals surface area contributed by atoms with Gasteiger partial charge in [-0.15, -0.1) is 10.2 Å². The number of nitrogens with zero attached hydrogens (tertiary/aromatic N) is 4. The van der Waals surface area contributed by atoms with Crippen molar-refractivity contribution in [3.63, 3.8) is 0 Å². The summed E-state index contributed by atoms with van der Waals surface area (Å²) in [5, 5.41) is 22.2. The first-order chi connectivity index (χ1) is 14.4. The molecule has 2 aromatic carbocycles. The summed E-state index contributed by atoms with van der Waals surface area (Å²) >= 11 is 1.29. The molecular formula is C20H21N5O4S. The number of aromatic nitrogens is 3. The van der Waals surface area contributed by atoms with E-state index in [1.54, 1.807) is 14.0 Å². The number of hydrogen-bond donors (Lipinski definition) is 1. The maximum absolute atomic E-state index is 12.6. The highest BCUT2D eigenvalue weighted by atomic mass is 32.2. The molecule has 1 atom stereocenters. The number of non-ortho nitro benzene ring substituents is 1. The SMILES string of the molecule is CCn1c(SC(C)C(=O)Nc2ccc([N+](=O)[O-])cc2)nnc1-c1ccccc1OC. The average molecular weight is 427 g/mol. The quantitative estimate of drug-likeness (QED) is 0.328. The van der Waals surface area contributed by atoms with Crippen LogP contribution in [0.5, 0.6) is 5.75 Å². The van der Waals surface area contributed by atoms with Crippen LogP contribution in [0.4, 0.5) is 11.4 Å². The summed E-state index contributed by atoms with van der Waals surface area (Å²) in [4.78, 5) is 22.8. The predicted octanol–water partition coefficient (Wildman–Crippen LogP) is 4.00. The van der Waals surface area contributed by atoms with Crippen LogP contribution < -0.4 is 10.1 Å². The largest absolute Gasteiger partial charge is 0.496 e. The number of nitro groups is 1. The number of carbonyl (C=O) groups excluding carboxylic acids is 1. The van der Waals surface area contributed by atoms with Gasteiger partial charge in [0, 0.05) is 24.4 Å². The van der Waals surface area contributed by atoms with Crippen LogP contribution in [0.25, 0.3) is 11.4 Å². The number of ether oxygens (including phenoxy) is 1. The molecule has 1 N–H and O–H groups in total. The normalized spacial score (nSPS) is 11.7. The maximum atomic E-state index is 12.6. The number of nitro benzene ring substituents is 1. The number of para-hydroxylation sites is 1. The molecule has 156 valence electrons. The first-order valence-corrected chi connectivity index (χ1v) is 10.1. The fourth-order valence-electron chi connectivity index (χ4n) is 2.81. The summed E-state index contributed by atoms with van der Waals surface area (Å²) in [5.41, 5.74) is 1.28. The number of methoxy groups -OCH3 is 1. The minimum Gasteiger partial charge on any atom is -0.496 e. The molecule has 30 heavy (non-hydrogen) atoms. The molecule has 1 unspecified atom stereocenters. The van der Waals surface area contributed by atoms with Crippen molar-refractivity contribution in [1.82, 2.24) is 14.8 Å². The molecule has 0 spiro atoms. The minimum absolute atomic E-state index is 0.0321. The lowest BCUT2D eigenvalue weighted by Crippen LogP contribution is -2.23. The van der Waals surface area contributed by atoms with Gasteiger partial charge in [-0.2, -0.15) is 0 Å². The second-order valence-electron chi connectivity index (χ2n) is 6.30. The third kappa shape index (κ3) is 4.60. The average Bonchev–Trinajstić information content (AvgIpc) is 3.16. The third-order valence-corrected chi connectivity index (χ3v) is 5.46. The number of carbonyl (C=O) groups is 1. The van der Waals surface area contributed by atoms with E-state index in [0.717, 1.165) is 5.56 Å². The Hall–Kier alpha value is -3.40. The Morgan fingerprint density at radius 1 is 1.23 bits per heavy atom. The number of benzene rings is 2. The Bertz CT molecular complexity index is 1050. The van der Waals surface area contributed by atoms with E-state index in [1.807, 2.05) is 35.8 Å². The molecule has 0 aliphatic carbocycles. The third-order valence-electron chi connectivity index (χ3n) is 4.38. The Kier molecular flexibility index (Phi) is 6.68. The van der Waals surface area contributed by atoms with Gasteiger partial charge in [-0.05, 0) is 38.1 Å². The second-order valence-corrected chi connectivity index (χ2v) is 7.61. The van der Waals surface area contributed by atoms with Crippen LogP contribution in [0.15, 0.2) is 53.7 Å². The predicted molar refractivity (Wildman–Crippen MR) is 115 cm³/mol. The Labute approximate surface area is 177 Å². The van der Waals surface area contributed by atoms with Crippen LogP contribution >= 0.6 is 11.8 Å². The second kappa shape index (κ2) is 9.40. The molecule has 0 saturated carbocycles. The number of rotatable bonds is 8. The number of amides is 1. The lowest BCUT2D eigenvalue weighted by molar-refractivity contribution is -0.384. The van der Waals surface area contributed by atoms with Gasteiger partial charge in [0.15, 0.2) is 11.0 Å². The molecule has 3 rings (SSSR count). The Morgan fingerprint density at radius 3 is 2.57 bits per heavy atom. The number of thioether (sulfide) groups is 1. The summed E-state index contributed by atoms with van der Waals surface area (Å²) in [6.45, 7) is 4.37. The summed E-state index contributed by atoms with van der Waals surface area (Å²) in [6.07, 6.45) is 0. The molecule has 0 saturated heterocycles. The number of nitrogens with one attached hydrogen (secondary N) is 1. The summed E-state index contributed by atoms with van der Waals surface area (Å²) in [5.74, 6) is 1.12. The molecule has 1 heterocycles. The lowest BCUT2D eigenvalue weighted by atomic mass is 10.2. The van der Waals surface area contributed by atoms with E-state index in [-0.39, 0.29) is 11.6 Å². The van der Waals surface area contributed by atoms with Crippen molar-refractivity contribution in [1.29, 1.82) is 0 Å². The van der Waals surface area contributed by atoms with Gasteiger partial charge in [0.05, 0.1) is 22.8 Å². The lowest BCUT2D eigenvalue weighted by Gasteiger charge is -2.13. The minimum atomic E-state index is -0.485. The number of anilines is 1. The van der Waals surface area contributed by atoms with Gasteiger partial charge in [-0.25, -0.2) is 0 Å². The standard InChI is InChI=1S/C20H21N5O4S/c1-4-24-18(16-7-5-6-8-17(16)29-3)22-23-20(24)30-13(2)19(26)21-14-9-11-15(12-10-14)25(27)28/h5-13H,4H2,1-3H3,(H,21,26). The van der Waals surface area contributed by atoms with E-state index in [2.05, 4.69) is 15.5 Å². The van der Waals surface area contributed by atoms with E-state index in [1.165, 1.54) is 36.0 Å². The number of hydrogen-bond acceptors (Lipinski definition) is 7. The molecule has 0 bridgehead atoms. The molecular weight excluding hydrogens is 406 g/mol. The Balaban J connectivity index is 1.75. The Morgan fingerprint density at radius 2 is 1.93 bits per heavy atom. The summed E-state index contributed by atoms with van der Waals surface area (Å²) in [6, 6.07) is 13.3. The van der Waals surface area contributed by atoms with E-state index in [0.29, 0.717) is 29.0 Å². The van der Waals surface area contributed by atoms with Gasteiger partial charge < -0.3 is 14.6 Å². The van der Waals surface area contributed by atoms with Gasteiger partial charge in [0.2, 0.25) is 5.91 Å². The molecule has 10 heteroatoms. The van der Waals surface area contributed by atoms with Gasteiger partial charge in [-0.3, -0.25) is 14.9 Å². The zero-order chi connectivity index (χ0) is 21.7. The molecule has 1 aromatic heterocycles. The molecule has 3 aromatic rings. The molecule has 0 fully saturated rings. The topological polar surface area (TPSA) is 112 Å². The van der Waals surface area contributed by atoms with Crippen LogP contribution in [0.2, 0.25) is 0 Å². The molecule has 0 aliphatic heterocycles. The first kappa shape index (κ1) is 21.3. The van der Waals surface area contributed by atoms with Crippen molar-refractivity contribution in [3.05, 3.63) is 58.6 Å². The highest BCUT2D eigenvalue weighted by Gasteiger charge is 2.21. The van der Waals surface area contributed by atoms with Crippen molar-refractivity contribution < 1.29 is 14.5 Å². The van der Waals surface area contributed by atoms with Crippen LogP contribution in [-0.4, -0.2) is 38.0 Å². The highest BCUT2D eigenvalue weighted by molar-refractivity contribution is 8.00. The van der Waals surface area contributed by atoms with E-state index in [4.69, 9.17) is 4.74 Å². The molecule has 0 aliphatic rings. The first-order valence-electron chi connectivity index (χ1n) is 9.23. The summed E-state index contributed by atoms with van der Waals surface area (Å²) < 4.78 is 7.35. The zero-order valence-electron chi connectivity index (χ0n) is 16.7. The van der Waals surface area contributed by atoms with Crippen molar-refractivity contribution in [2.75, 3.05) is 12.4 Å². The summed E-state index contributed by atoms with van der Waals surface area (Å²) in [7, 11) is 1.60. The van der Waals surface area contributed by atoms with Crippen molar-refractivity contribution in [3.8, 4) is 17.1 Å². The van der Waals surface area contributed by atoms with Gasteiger partial charge in [0.25, 0.3) is 5.69 Å².